The van der Waals surface area contributed by atoms with Gasteiger partial charge in [0.2, 0.25) is 0 Å². The third-order valence-electron chi connectivity index (χ3n) is 9.81. The molecule has 0 aromatic heterocycles. The van der Waals surface area contributed by atoms with Gasteiger partial charge in [-0.1, -0.05) is 50.1 Å². The highest BCUT2D eigenvalue weighted by Crippen LogP contribution is 2.43. The molecular weight excluding hydrogens is 568 g/mol. The van der Waals surface area contributed by atoms with Crippen LogP contribution in [-0.4, -0.2) is 46.3 Å². The maximum atomic E-state index is 13.5. The Morgan fingerprint density at radius 3 is 2.64 bits per heavy atom. The summed E-state index contributed by atoms with van der Waals surface area (Å²) in [7, 11) is -1.49. The number of fused-ring (bicyclic) bond motifs is 2. The zero-order valence-corrected chi connectivity index (χ0v) is 26.2. The Labute approximate surface area is 257 Å². The smallest absolute Gasteiger partial charge is 0.263 e. The van der Waals surface area contributed by atoms with Gasteiger partial charge in [-0.15, -0.1) is 0 Å². The molecule has 0 spiro atoms. The summed E-state index contributed by atoms with van der Waals surface area (Å²) < 4.78 is 22.8. The molecule has 0 radical (unpaired) electrons. The molecule has 2 bridgehead atoms. The van der Waals surface area contributed by atoms with Crippen molar-refractivity contribution in [2.24, 2.45) is 23.7 Å². The molecule has 8 heteroatoms. The zero-order valence-electron chi connectivity index (χ0n) is 24.6. The highest BCUT2D eigenvalue weighted by Gasteiger charge is 2.41. The summed E-state index contributed by atoms with van der Waals surface area (Å²) in [6, 6.07) is 11.8. The predicted molar refractivity (Wildman–Crippen MR) is 170 cm³/mol. The summed E-state index contributed by atoms with van der Waals surface area (Å²) in [6.07, 6.45) is 10.4. The van der Waals surface area contributed by atoms with Gasteiger partial charge in [-0.2, -0.15) is 0 Å². The lowest BCUT2D eigenvalue weighted by Crippen LogP contribution is -2.44. The number of aliphatic hydroxyl groups is 1. The van der Waals surface area contributed by atoms with E-state index in [9.17, 15) is 14.1 Å². The Kier molecular flexibility index (Phi) is 8.99. The van der Waals surface area contributed by atoms with E-state index in [4.69, 9.17) is 16.3 Å². The molecule has 226 valence electrons. The first kappa shape index (κ1) is 29.7. The molecule has 1 amide bonds. The second-order valence-corrected chi connectivity index (χ2v) is 14.6. The van der Waals surface area contributed by atoms with E-state index in [0.29, 0.717) is 24.0 Å². The number of anilines is 1. The first-order valence-corrected chi connectivity index (χ1v) is 17.3. The summed E-state index contributed by atoms with van der Waals surface area (Å²) in [5.74, 6) is 1.61. The van der Waals surface area contributed by atoms with Crippen LogP contribution in [0.4, 0.5) is 5.69 Å². The quantitative estimate of drug-likeness (QED) is 0.390. The van der Waals surface area contributed by atoms with Gasteiger partial charge in [-0.05, 0) is 104 Å². The normalized spacial score (nSPS) is 32.5. The minimum absolute atomic E-state index is 0.0989. The average Bonchev–Trinajstić information content (AvgIpc) is 3.78. The van der Waals surface area contributed by atoms with Crippen molar-refractivity contribution in [3.8, 4) is 5.75 Å². The van der Waals surface area contributed by atoms with Crippen LogP contribution in [0.3, 0.4) is 0 Å². The molecule has 2 aliphatic carbocycles. The van der Waals surface area contributed by atoms with E-state index >= 15 is 0 Å². The number of amides is 1. The van der Waals surface area contributed by atoms with Crippen molar-refractivity contribution in [3.05, 3.63) is 70.3 Å². The van der Waals surface area contributed by atoms with Crippen LogP contribution in [0, 0.1) is 23.7 Å². The number of halogens is 1. The van der Waals surface area contributed by atoms with Crippen LogP contribution < -0.4 is 14.4 Å². The van der Waals surface area contributed by atoms with E-state index in [1.165, 1.54) is 11.1 Å². The second-order valence-electron chi connectivity index (χ2n) is 12.9. The fourth-order valence-electron chi connectivity index (χ4n) is 7.21. The van der Waals surface area contributed by atoms with E-state index < -0.39 is 17.1 Å². The number of allylic oxidation sites excluding steroid dienone is 1. The van der Waals surface area contributed by atoms with Crippen LogP contribution in [0.1, 0.15) is 79.8 Å². The van der Waals surface area contributed by atoms with Crippen LogP contribution in [0.2, 0.25) is 5.02 Å². The number of nitrogens with zero attached hydrogens (tertiary/aromatic N) is 1. The lowest BCUT2D eigenvalue weighted by Gasteiger charge is -2.42. The number of nitrogens with one attached hydrogen (secondary N) is 1. The number of carbonyl (C=O) groups is 1. The molecule has 2 heterocycles. The van der Waals surface area contributed by atoms with Gasteiger partial charge >= 0.3 is 0 Å². The van der Waals surface area contributed by atoms with E-state index in [0.717, 1.165) is 74.5 Å². The Morgan fingerprint density at radius 1 is 1.10 bits per heavy atom. The number of benzene rings is 2. The molecule has 6 rings (SSSR count). The van der Waals surface area contributed by atoms with Crippen LogP contribution in [0.15, 0.2) is 48.6 Å². The molecule has 2 N–H and O–H groups in total. The van der Waals surface area contributed by atoms with E-state index in [-0.39, 0.29) is 28.9 Å². The second kappa shape index (κ2) is 12.7. The van der Waals surface area contributed by atoms with Gasteiger partial charge in [0.15, 0.2) is 0 Å². The third kappa shape index (κ3) is 6.29. The number of rotatable bonds is 4. The van der Waals surface area contributed by atoms with Crippen molar-refractivity contribution in [2.75, 3.05) is 24.6 Å². The molecular formula is C34H43ClN2O4S. The van der Waals surface area contributed by atoms with Gasteiger partial charge in [0.05, 0.1) is 23.6 Å². The van der Waals surface area contributed by atoms with Gasteiger partial charge in [0.25, 0.3) is 5.91 Å². The van der Waals surface area contributed by atoms with Crippen molar-refractivity contribution in [2.45, 2.75) is 76.1 Å². The number of aryl methyl sites for hydroxylation is 1. The Hall–Kier alpha value is -2.35. The van der Waals surface area contributed by atoms with E-state index in [2.05, 4.69) is 41.7 Å². The number of carbonyl (C=O) groups excluding carboxylic acids is 1. The first-order chi connectivity index (χ1) is 20.3. The predicted octanol–water partition coefficient (Wildman–Crippen LogP) is 6.43. The summed E-state index contributed by atoms with van der Waals surface area (Å²) in [5.41, 5.74) is 3.88. The minimum atomic E-state index is -1.49. The third-order valence-corrected chi connectivity index (χ3v) is 11.8. The minimum Gasteiger partial charge on any atom is -0.491 e. The first-order valence-electron chi connectivity index (χ1n) is 15.7. The van der Waals surface area contributed by atoms with Crippen molar-refractivity contribution in [3.63, 3.8) is 0 Å². The van der Waals surface area contributed by atoms with Crippen molar-refractivity contribution in [1.82, 2.24) is 4.72 Å². The molecule has 3 unspecified atom stereocenters. The molecule has 2 aromatic rings. The van der Waals surface area contributed by atoms with Gasteiger partial charge < -0.3 is 14.7 Å². The number of hydrogen-bond donors (Lipinski definition) is 2. The van der Waals surface area contributed by atoms with Gasteiger partial charge in [0, 0.05) is 29.6 Å². The molecule has 42 heavy (non-hydrogen) atoms. The molecule has 6 nitrogen and oxygen atoms in total. The van der Waals surface area contributed by atoms with Crippen molar-refractivity contribution < 1.29 is 18.8 Å². The lowest BCUT2D eigenvalue weighted by molar-refractivity contribution is 0.0461. The SMILES string of the molecule is CCCc1cc(Cl)ccc1[C@@H]1COc2ccc3cc2N(C1)C[C@@H]1CC[C@H]1C(O)/C=C/C[C@@H](C)C(C1CC1)S(=O)NC3=O. The van der Waals surface area contributed by atoms with Crippen LogP contribution in [0.5, 0.6) is 5.75 Å². The van der Waals surface area contributed by atoms with Gasteiger partial charge in [-0.25, -0.2) is 4.21 Å². The molecule has 0 saturated heterocycles. The van der Waals surface area contributed by atoms with Crippen molar-refractivity contribution in [1.29, 1.82) is 0 Å². The number of ether oxygens (including phenoxy) is 1. The molecule has 2 aliphatic heterocycles. The van der Waals surface area contributed by atoms with Gasteiger partial charge in [0.1, 0.15) is 16.7 Å². The largest absolute Gasteiger partial charge is 0.491 e. The van der Waals surface area contributed by atoms with E-state index in [1.54, 1.807) is 6.07 Å². The fraction of sp³-hybridized carbons (Fsp3) is 0.559. The number of hydrogen-bond acceptors (Lipinski definition) is 5. The van der Waals surface area contributed by atoms with Crippen molar-refractivity contribution >= 4 is 34.2 Å². The summed E-state index contributed by atoms with van der Waals surface area (Å²) in [5, 5.41) is 11.8. The zero-order chi connectivity index (χ0) is 29.4. The maximum Gasteiger partial charge on any atom is 0.263 e. The average molecular weight is 611 g/mol. The van der Waals surface area contributed by atoms with Crippen LogP contribution >= 0.6 is 11.6 Å². The highest BCUT2D eigenvalue weighted by atomic mass is 35.5. The molecule has 2 fully saturated rings. The topological polar surface area (TPSA) is 78.9 Å². The monoisotopic (exact) mass is 610 g/mol. The molecule has 4 aliphatic rings. The van der Waals surface area contributed by atoms with Crippen LogP contribution in [-0.2, 0) is 17.4 Å². The molecule has 2 saturated carbocycles. The Bertz CT molecular complexity index is 1360. The van der Waals surface area contributed by atoms with E-state index in [1.807, 2.05) is 24.3 Å². The Balaban J connectivity index is 1.36. The van der Waals surface area contributed by atoms with Gasteiger partial charge in [-0.3, -0.25) is 9.52 Å². The standard InChI is InChI=1S/C34H43ClN2O4S/c1-3-5-23-16-27(35)12-14-28(23)26-19-37-18-25-10-13-29(25)31(38)7-4-6-21(2)33(22-8-9-22)42(40)36-34(39)24-11-15-32(41-20-26)30(37)17-24/h4,7,11-12,14-17,21-22,25-26,29,31,33,38H,3,5-6,8-10,13,18-20H2,1-2H3,(H,36,39)/b7-4+/t21-,25+,26+,29-,31?,33?,42?/m1/s1. The summed E-state index contributed by atoms with van der Waals surface area (Å²) in [4.78, 5) is 15.8. The molecule has 7 atom stereocenters. The lowest BCUT2D eigenvalue weighted by atomic mass is 9.70. The summed E-state index contributed by atoms with van der Waals surface area (Å²) >= 11 is 6.40. The number of aliphatic hydroxyl groups excluding tert-OH is 1. The molecule has 2 aromatic carbocycles. The summed E-state index contributed by atoms with van der Waals surface area (Å²) in [6.45, 7) is 6.33. The van der Waals surface area contributed by atoms with Crippen LogP contribution in [0.25, 0.3) is 0 Å². The fourth-order valence-corrected chi connectivity index (χ4v) is 9.00. The maximum absolute atomic E-state index is 13.5. The Morgan fingerprint density at radius 2 is 1.90 bits per heavy atom. The highest BCUT2D eigenvalue weighted by molar-refractivity contribution is 7.84.